The molecule has 0 saturated carbocycles. The van der Waals surface area contributed by atoms with Crippen LogP contribution in [0.2, 0.25) is 0 Å². The molecule has 0 unspecified atom stereocenters. The fourth-order valence-corrected chi connectivity index (χ4v) is 3.04. The number of rotatable bonds is 6. The van der Waals surface area contributed by atoms with Crippen LogP contribution in [0.4, 0.5) is 0 Å². The number of esters is 1. The molecule has 1 aliphatic carbocycles. The first-order valence-electron chi connectivity index (χ1n) is 8.45. The van der Waals surface area contributed by atoms with Crippen LogP contribution >= 0.6 is 0 Å². The molecule has 1 aromatic rings. The second-order valence-electron chi connectivity index (χ2n) is 6.45. The van der Waals surface area contributed by atoms with Crippen molar-refractivity contribution in [2.24, 2.45) is 0 Å². The zero-order valence-corrected chi connectivity index (χ0v) is 14.6. The molecule has 0 aliphatic heterocycles. The Labute approximate surface area is 138 Å². The summed E-state index contributed by atoms with van der Waals surface area (Å²) in [5.41, 5.74) is 5.49. The summed E-state index contributed by atoms with van der Waals surface area (Å²) in [6, 6.07) is 6.46. The van der Waals surface area contributed by atoms with Crippen LogP contribution in [-0.2, 0) is 20.7 Å². The summed E-state index contributed by atoms with van der Waals surface area (Å²) in [5.74, 6) is 0.182. The molecular formula is C20H26O3. The number of allylic oxidation sites excluding steroid dienone is 2. The summed E-state index contributed by atoms with van der Waals surface area (Å²) in [5, 5.41) is 0. The molecule has 0 saturated heterocycles. The van der Waals surface area contributed by atoms with Gasteiger partial charge in [0.2, 0.25) is 0 Å². The monoisotopic (exact) mass is 314 g/mol. The molecule has 1 aliphatic rings. The summed E-state index contributed by atoms with van der Waals surface area (Å²) in [7, 11) is 0. The van der Waals surface area contributed by atoms with Crippen LogP contribution in [0.25, 0.3) is 5.57 Å². The maximum absolute atomic E-state index is 12.7. The first-order valence-corrected chi connectivity index (χ1v) is 8.45. The van der Waals surface area contributed by atoms with Crippen LogP contribution in [-0.4, -0.2) is 18.4 Å². The zero-order valence-electron chi connectivity index (χ0n) is 14.6. The molecule has 0 fully saturated rings. The van der Waals surface area contributed by atoms with E-state index in [4.69, 9.17) is 4.74 Å². The van der Waals surface area contributed by atoms with Gasteiger partial charge in [0.15, 0.2) is 5.78 Å². The average molecular weight is 314 g/mol. The number of carbonyl (C=O) groups excluding carboxylic acids is 2. The van der Waals surface area contributed by atoms with E-state index in [1.165, 1.54) is 11.1 Å². The highest BCUT2D eigenvalue weighted by atomic mass is 16.5. The number of aryl methyl sites for hydroxylation is 1. The topological polar surface area (TPSA) is 43.4 Å². The van der Waals surface area contributed by atoms with E-state index in [1.807, 2.05) is 6.92 Å². The lowest BCUT2D eigenvalue weighted by Crippen LogP contribution is -2.14. The first-order chi connectivity index (χ1) is 10.9. The van der Waals surface area contributed by atoms with Crippen LogP contribution in [0.5, 0.6) is 0 Å². The van der Waals surface area contributed by atoms with Gasteiger partial charge in [-0.2, -0.15) is 0 Å². The van der Waals surface area contributed by atoms with Crippen molar-refractivity contribution in [2.75, 3.05) is 6.61 Å². The molecule has 0 atom stereocenters. The molecule has 23 heavy (non-hydrogen) atoms. The minimum Gasteiger partial charge on any atom is -0.466 e. The zero-order chi connectivity index (χ0) is 17.0. The third-order valence-corrected chi connectivity index (χ3v) is 4.41. The largest absolute Gasteiger partial charge is 0.466 e. The van der Waals surface area contributed by atoms with Crippen LogP contribution < -0.4 is 0 Å². The number of ether oxygens (including phenoxy) is 1. The van der Waals surface area contributed by atoms with Gasteiger partial charge in [0, 0.05) is 12.0 Å². The van der Waals surface area contributed by atoms with Crippen molar-refractivity contribution in [1.29, 1.82) is 0 Å². The number of hydrogen-bond donors (Lipinski definition) is 0. The van der Waals surface area contributed by atoms with E-state index in [9.17, 15) is 9.59 Å². The Balaban J connectivity index is 2.26. The fraction of sp³-hybridized carbons (Fsp3) is 0.500. The van der Waals surface area contributed by atoms with E-state index < -0.39 is 0 Å². The SMILES string of the molecule is CCOC(=O)CCC(=O)C1=C(C)CCc2ccc(C(C)C)cc21. The molecule has 1 aromatic carbocycles. The summed E-state index contributed by atoms with van der Waals surface area (Å²) < 4.78 is 4.92. The van der Waals surface area contributed by atoms with E-state index in [-0.39, 0.29) is 24.6 Å². The Kier molecular flexibility index (Phi) is 5.75. The summed E-state index contributed by atoms with van der Waals surface area (Å²) in [6.45, 7) is 8.47. The van der Waals surface area contributed by atoms with Crippen molar-refractivity contribution >= 4 is 17.3 Å². The Hall–Kier alpha value is -1.90. The van der Waals surface area contributed by atoms with Crippen molar-refractivity contribution in [2.45, 2.75) is 59.3 Å². The van der Waals surface area contributed by atoms with Crippen LogP contribution in [0.1, 0.15) is 69.6 Å². The quantitative estimate of drug-likeness (QED) is 0.729. The van der Waals surface area contributed by atoms with E-state index in [2.05, 4.69) is 32.0 Å². The molecule has 3 nitrogen and oxygen atoms in total. The van der Waals surface area contributed by atoms with E-state index in [1.54, 1.807) is 6.92 Å². The second-order valence-corrected chi connectivity index (χ2v) is 6.45. The lowest BCUT2D eigenvalue weighted by atomic mass is 9.81. The Morgan fingerprint density at radius 2 is 1.91 bits per heavy atom. The molecular weight excluding hydrogens is 288 g/mol. The van der Waals surface area contributed by atoms with Gasteiger partial charge in [0.1, 0.15) is 0 Å². The third kappa shape index (κ3) is 4.10. The minimum absolute atomic E-state index is 0.0532. The van der Waals surface area contributed by atoms with Crippen LogP contribution in [0.15, 0.2) is 23.8 Å². The number of benzene rings is 1. The molecule has 3 heteroatoms. The normalized spacial score (nSPS) is 14.0. The maximum atomic E-state index is 12.7. The van der Waals surface area contributed by atoms with Gasteiger partial charge in [-0.3, -0.25) is 9.59 Å². The summed E-state index contributed by atoms with van der Waals surface area (Å²) >= 11 is 0. The highest BCUT2D eigenvalue weighted by Crippen LogP contribution is 2.34. The van der Waals surface area contributed by atoms with Crippen molar-refractivity contribution in [3.8, 4) is 0 Å². The van der Waals surface area contributed by atoms with Crippen LogP contribution in [0, 0.1) is 0 Å². The highest BCUT2D eigenvalue weighted by molar-refractivity contribution is 6.22. The molecule has 0 bridgehead atoms. The fourth-order valence-electron chi connectivity index (χ4n) is 3.04. The Bertz CT molecular complexity index is 638. The molecule has 0 N–H and O–H groups in total. The number of ketones is 1. The Morgan fingerprint density at radius 1 is 1.17 bits per heavy atom. The van der Waals surface area contributed by atoms with Gasteiger partial charge in [-0.05, 0) is 49.3 Å². The number of hydrogen-bond acceptors (Lipinski definition) is 3. The van der Waals surface area contributed by atoms with Crippen molar-refractivity contribution in [3.63, 3.8) is 0 Å². The molecule has 0 spiro atoms. The molecule has 0 amide bonds. The van der Waals surface area contributed by atoms with Crippen molar-refractivity contribution in [1.82, 2.24) is 0 Å². The van der Waals surface area contributed by atoms with Gasteiger partial charge < -0.3 is 4.74 Å². The molecule has 0 radical (unpaired) electrons. The van der Waals surface area contributed by atoms with Gasteiger partial charge in [0.05, 0.1) is 13.0 Å². The van der Waals surface area contributed by atoms with Crippen molar-refractivity contribution < 1.29 is 14.3 Å². The van der Waals surface area contributed by atoms with Gasteiger partial charge >= 0.3 is 5.97 Å². The lowest BCUT2D eigenvalue weighted by Gasteiger charge is -2.22. The molecule has 124 valence electrons. The highest BCUT2D eigenvalue weighted by Gasteiger charge is 2.23. The van der Waals surface area contributed by atoms with Crippen molar-refractivity contribution in [3.05, 3.63) is 40.5 Å². The number of fused-ring (bicyclic) bond motifs is 1. The predicted molar refractivity (Wildman–Crippen MR) is 92.3 cm³/mol. The van der Waals surface area contributed by atoms with Gasteiger partial charge in [0.25, 0.3) is 0 Å². The van der Waals surface area contributed by atoms with E-state index in [0.29, 0.717) is 12.5 Å². The second kappa shape index (κ2) is 7.58. The molecule has 0 heterocycles. The Morgan fingerprint density at radius 3 is 2.57 bits per heavy atom. The molecule has 0 aromatic heterocycles. The van der Waals surface area contributed by atoms with E-state index in [0.717, 1.165) is 29.6 Å². The molecule has 2 rings (SSSR count). The minimum atomic E-state index is -0.300. The maximum Gasteiger partial charge on any atom is 0.306 e. The predicted octanol–water partition coefficient (Wildman–Crippen LogP) is 4.44. The van der Waals surface area contributed by atoms with Gasteiger partial charge in [-0.1, -0.05) is 37.6 Å². The summed E-state index contributed by atoms with van der Waals surface area (Å²) in [4.78, 5) is 24.2. The average Bonchev–Trinajstić information content (AvgIpc) is 2.52. The smallest absolute Gasteiger partial charge is 0.306 e. The number of carbonyl (C=O) groups is 2. The third-order valence-electron chi connectivity index (χ3n) is 4.41. The van der Waals surface area contributed by atoms with Gasteiger partial charge in [-0.25, -0.2) is 0 Å². The van der Waals surface area contributed by atoms with Gasteiger partial charge in [-0.15, -0.1) is 0 Å². The lowest BCUT2D eigenvalue weighted by molar-refractivity contribution is -0.144. The van der Waals surface area contributed by atoms with E-state index >= 15 is 0 Å². The standard InChI is InChI=1S/C20H26O3/c1-5-23-19(22)11-10-18(21)20-14(4)6-7-15-8-9-16(13(2)3)12-17(15)20/h8-9,12-13H,5-7,10-11H2,1-4H3. The first kappa shape index (κ1) is 17.5. The summed E-state index contributed by atoms with van der Waals surface area (Å²) in [6.07, 6.45) is 2.27. The number of Topliss-reactive ketones (excluding diaryl/α,β-unsaturated/α-hetero) is 1. The van der Waals surface area contributed by atoms with Crippen LogP contribution in [0.3, 0.4) is 0 Å².